The van der Waals surface area contributed by atoms with Crippen LogP contribution in [0.4, 0.5) is 0 Å². The van der Waals surface area contributed by atoms with Crippen LogP contribution in [0.1, 0.15) is 10.5 Å². The third-order valence-corrected chi connectivity index (χ3v) is 1.68. The van der Waals surface area contributed by atoms with E-state index in [1.165, 1.54) is 6.20 Å². The zero-order valence-corrected chi connectivity index (χ0v) is 6.81. The van der Waals surface area contributed by atoms with Crippen molar-refractivity contribution in [3.63, 3.8) is 0 Å². The Balaban J connectivity index is 1.99. The third-order valence-electron chi connectivity index (χ3n) is 1.68. The summed E-state index contributed by atoms with van der Waals surface area (Å²) in [6.45, 7) is 0. The van der Waals surface area contributed by atoms with Crippen LogP contribution in [0, 0.1) is 0 Å². The summed E-state index contributed by atoms with van der Waals surface area (Å²) < 4.78 is 5.07. The SMILES string of the molecule is O=C(OC1C=CC=C1)c1ccn[nH]1. The van der Waals surface area contributed by atoms with E-state index in [2.05, 4.69) is 10.2 Å². The molecule has 0 aliphatic heterocycles. The Morgan fingerprint density at radius 2 is 2.23 bits per heavy atom. The summed E-state index contributed by atoms with van der Waals surface area (Å²) in [4.78, 5) is 11.3. The number of carbonyl (C=O) groups is 1. The lowest BCUT2D eigenvalue weighted by atomic mass is 10.4. The Morgan fingerprint density at radius 3 is 2.85 bits per heavy atom. The maximum absolute atomic E-state index is 11.3. The molecule has 1 aliphatic rings. The van der Waals surface area contributed by atoms with E-state index < -0.39 is 5.97 Å². The van der Waals surface area contributed by atoms with Crippen LogP contribution in [-0.4, -0.2) is 22.3 Å². The van der Waals surface area contributed by atoms with Gasteiger partial charge >= 0.3 is 5.97 Å². The molecule has 0 saturated heterocycles. The molecule has 1 N–H and O–H groups in total. The molecule has 0 bridgehead atoms. The van der Waals surface area contributed by atoms with E-state index in [9.17, 15) is 4.79 Å². The molecule has 1 aromatic rings. The van der Waals surface area contributed by atoms with Crippen LogP contribution in [0.15, 0.2) is 36.6 Å². The average molecular weight is 176 g/mol. The van der Waals surface area contributed by atoms with Gasteiger partial charge < -0.3 is 4.74 Å². The van der Waals surface area contributed by atoms with Gasteiger partial charge in [0.1, 0.15) is 11.8 Å². The molecule has 0 aromatic carbocycles. The van der Waals surface area contributed by atoms with Gasteiger partial charge in [-0.2, -0.15) is 5.10 Å². The number of esters is 1. The predicted octanol–water partition coefficient (Wildman–Crippen LogP) is 1.06. The molecule has 2 rings (SSSR count). The maximum atomic E-state index is 11.3. The Bertz CT molecular complexity index is 340. The summed E-state index contributed by atoms with van der Waals surface area (Å²) >= 11 is 0. The van der Waals surface area contributed by atoms with Crippen molar-refractivity contribution in [3.05, 3.63) is 42.3 Å². The van der Waals surface area contributed by atoms with E-state index in [1.54, 1.807) is 18.2 Å². The van der Waals surface area contributed by atoms with E-state index in [0.29, 0.717) is 5.69 Å². The van der Waals surface area contributed by atoms with Crippen molar-refractivity contribution in [2.24, 2.45) is 0 Å². The molecule has 1 aliphatic carbocycles. The first-order valence-corrected chi connectivity index (χ1v) is 3.91. The molecule has 0 amide bonds. The molecule has 0 spiro atoms. The smallest absolute Gasteiger partial charge is 0.357 e. The number of carbonyl (C=O) groups excluding carboxylic acids is 1. The Morgan fingerprint density at radius 1 is 1.46 bits per heavy atom. The Kier molecular flexibility index (Phi) is 1.96. The topological polar surface area (TPSA) is 55.0 Å². The summed E-state index contributed by atoms with van der Waals surface area (Å²) in [5.41, 5.74) is 0.369. The van der Waals surface area contributed by atoms with Crippen LogP contribution in [-0.2, 0) is 4.74 Å². The van der Waals surface area contributed by atoms with Crippen molar-refractivity contribution >= 4 is 5.97 Å². The second-order valence-corrected chi connectivity index (χ2v) is 2.61. The summed E-state index contributed by atoms with van der Waals surface area (Å²) in [7, 11) is 0. The minimum Gasteiger partial charge on any atom is -0.449 e. The summed E-state index contributed by atoms with van der Waals surface area (Å²) in [5, 5.41) is 6.19. The van der Waals surface area contributed by atoms with Crippen molar-refractivity contribution in [1.82, 2.24) is 10.2 Å². The number of hydrogen-bond donors (Lipinski definition) is 1. The van der Waals surface area contributed by atoms with Gasteiger partial charge in [-0.3, -0.25) is 5.10 Å². The first-order chi connectivity index (χ1) is 6.36. The first-order valence-electron chi connectivity index (χ1n) is 3.91. The zero-order chi connectivity index (χ0) is 9.10. The number of ether oxygens (including phenoxy) is 1. The number of nitrogens with zero attached hydrogens (tertiary/aromatic N) is 1. The van der Waals surface area contributed by atoms with Gasteiger partial charge in [0.05, 0.1) is 0 Å². The van der Waals surface area contributed by atoms with Gasteiger partial charge in [0.25, 0.3) is 0 Å². The molecular weight excluding hydrogens is 168 g/mol. The van der Waals surface area contributed by atoms with E-state index in [-0.39, 0.29) is 6.10 Å². The van der Waals surface area contributed by atoms with Crippen LogP contribution < -0.4 is 0 Å². The van der Waals surface area contributed by atoms with E-state index in [1.807, 2.05) is 12.2 Å². The summed E-state index contributed by atoms with van der Waals surface area (Å²) in [6.07, 6.45) is 8.55. The monoisotopic (exact) mass is 176 g/mol. The number of aromatic nitrogens is 2. The van der Waals surface area contributed by atoms with Crippen LogP contribution >= 0.6 is 0 Å². The van der Waals surface area contributed by atoms with Crippen LogP contribution in [0.2, 0.25) is 0 Å². The third kappa shape index (κ3) is 1.66. The molecule has 4 heteroatoms. The lowest BCUT2D eigenvalue weighted by Gasteiger charge is -2.05. The summed E-state index contributed by atoms with van der Waals surface area (Å²) in [5.74, 6) is -0.390. The lowest BCUT2D eigenvalue weighted by molar-refractivity contribution is 0.0459. The average Bonchev–Trinajstić information content (AvgIpc) is 2.74. The van der Waals surface area contributed by atoms with Gasteiger partial charge in [0.2, 0.25) is 0 Å². The van der Waals surface area contributed by atoms with Crippen LogP contribution in [0.5, 0.6) is 0 Å². The van der Waals surface area contributed by atoms with Gasteiger partial charge in [0, 0.05) is 6.20 Å². The number of nitrogens with one attached hydrogen (secondary N) is 1. The number of aromatic amines is 1. The van der Waals surface area contributed by atoms with E-state index >= 15 is 0 Å². The number of allylic oxidation sites excluding steroid dienone is 2. The molecule has 13 heavy (non-hydrogen) atoms. The molecule has 0 atom stereocenters. The highest BCUT2D eigenvalue weighted by Gasteiger charge is 2.13. The van der Waals surface area contributed by atoms with Crippen molar-refractivity contribution in [2.45, 2.75) is 6.10 Å². The Hall–Kier alpha value is -1.84. The van der Waals surface area contributed by atoms with Gasteiger partial charge in [-0.1, -0.05) is 12.2 Å². The maximum Gasteiger partial charge on any atom is 0.357 e. The fourth-order valence-corrected chi connectivity index (χ4v) is 1.05. The number of rotatable bonds is 2. The van der Waals surface area contributed by atoms with Crippen LogP contribution in [0.25, 0.3) is 0 Å². The molecule has 1 heterocycles. The standard InChI is InChI=1S/C9H8N2O2/c12-9(8-5-6-10-11-8)13-7-3-1-2-4-7/h1-7H,(H,10,11). The van der Waals surface area contributed by atoms with E-state index in [0.717, 1.165) is 0 Å². The highest BCUT2D eigenvalue weighted by molar-refractivity contribution is 5.87. The Labute approximate surface area is 74.9 Å². The zero-order valence-electron chi connectivity index (χ0n) is 6.81. The molecule has 0 unspecified atom stereocenters. The molecule has 0 radical (unpaired) electrons. The van der Waals surface area contributed by atoms with E-state index in [4.69, 9.17) is 4.74 Å². The molecule has 0 saturated carbocycles. The highest BCUT2D eigenvalue weighted by Crippen LogP contribution is 2.07. The fourth-order valence-electron chi connectivity index (χ4n) is 1.05. The number of H-pyrrole nitrogens is 1. The highest BCUT2D eigenvalue weighted by atomic mass is 16.5. The molecular formula is C9H8N2O2. The fraction of sp³-hybridized carbons (Fsp3) is 0.111. The van der Waals surface area contributed by atoms with Gasteiger partial charge in [0.15, 0.2) is 0 Å². The van der Waals surface area contributed by atoms with Crippen molar-refractivity contribution in [2.75, 3.05) is 0 Å². The van der Waals surface area contributed by atoms with Gasteiger partial charge in [-0.25, -0.2) is 4.79 Å². The molecule has 1 aromatic heterocycles. The van der Waals surface area contributed by atoms with Crippen molar-refractivity contribution in [3.8, 4) is 0 Å². The molecule has 4 nitrogen and oxygen atoms in total. The summed E-state index contributed by atoms with van der Waals surface area (Å²) in [6, 6.07) is 1.57. The van der Waals surface area contributed by atoms with Gasteiger partial charge in [-0.15, -0.1) is 0 Å². The molecule has 0 fully saturated rings. The normalized spacial score (nSPS) is 15.1. The number of hydrogen-bond acceptors (Lipinski definition) is 3. The second-order valence-electron chi connectivity index (χ2n) is 2.61. The minimum atomic E-state index is -0.390. The van der Waals surface area contributed by atoms with Crippen molar-refractivity contribution < 1.29 is 9.53 Å². The molecule has 66 valence electrons. The van der Waals surface area contributed by atoms with Gasteiger partial charge in [-0.05, 0) is 18.2 Å². The van der Waals surface area contributed by atoms with Crippen LogP contribution in [0.3, 0.4) is 0 Å². The minimum absolute atomic E-state index is 0.240. The van der Waals surface area contributed by atoms with Crippen molar-refractivity contribution in [1.29, 1.82) is 0 Å². The lowest BCUT2D eigenvalue weighted by Crippen LogP contribution is -2.13. The predicted molar refractivity (Wildman–Crippen MR) is 46.1 cm³/mol. The largest absolute Gasteiger partial charge is 0.449 e. The second kappa shape index (κ2) is 3.26. The quantitative estimate of drug-likeness (QED) is 0.685. The first kappa shape index (κ1) is 7.79.